The van der Waals surface area contributed by atoms with Crippen molar-refractivity contribution in [2.75, 3.05) is 33.2 Å². The average Bonchev–Trinajstić information content (AvgIpc) is 2.50. The molecule has 2 rings (SSSR count). The van der Waals surface area contributed by atoms with Crippen molar-refractivity contribution in [1.82, 2.24) is 9.80 Å². The van der Waals surface area contributed by atoms with Gasteiger partial charge in [0.2, 0.25) is 5.91 Å². The molecule has 0 spiro atoms. The summed E-state index contributed by atoms with van der Waals surface area (Å²) in [5, 5.41) is 0. The second kappa shape index (κ2) is 8.30. The molecule has 1 amide bonds. The number of piperidine rings is 1. The lowest BCUT2D eigenvalue weighted by Crippen LogP contribution is -2.43. The summed E-state index contributed by atoms with van der Waals surface area (Å²) in [5.41, 5.74) is 8.12. The molecule has 2 N–H and O–H groups in total. The summed E-state index contributed by atoms with van der Waals surface area (Å²) in [5.74, 6) is 0.866. The minimum atomic E-state index is 0.205. The van der Waals surface area contributed by atoms with Crippen molar-refractivity contribution in [2.45, 2.75) is 32.7 Å². The molecule has 0 aromatic heterocycles. The summed E-state index contributed by atoms with van der Waals surface area (Å²) in [6.07, 6.45) is 3.50. The predicted molar refractivity (Wildman–Crippen MR) is 90.5 cm³/mol. The molecule has 1 aliphatic rings. The van der Waals surface area contributed by atoms with Gasteiger partial charge in [-0.2, -0.15) is 0 Å². The van der Waals surface area contributed by atoms with Gasteiger partial charge in [-0.25, -0.2) is 0 Å². The molecule has 22 heavy (non-hydrogen) atoms. The van der Waals surface area contributed by atoms with Crippen molar-refractivity contribution in [1.29, 1.82) is 0 Å². The van der Waals surface area contributed by atoms with Crippen LogP contribution in [0.5, 0.6) is 0 Å². The van der Waals surface area contributed by atoms with Gasteiger partial charge in [-0.05, 0) is 56.3 Å². The summed E-state index contributed by atoms with van der Waals surface area (Å²) >= 11 is 0. The zero-order valence-corrected chi connectivity index (χ0v) is 13.9. The Morgan fingerprint density at radius 1 is 1.41 bits per heavy atom. The summed E-state index contributed by atoms with van der Waals surface area (Å²) in [4.78, 5) is 16.6. The molecule has 0 aliphatic carbocycles. The number of rotatable bonds is 6. The van der Waals surface area contributed by atoms with Crippen molar-refractivity contribution in [3.63, 3.8) is 0 Å². The number of hydrogen-bond acceptors (Lipinski definition) is 3. The summed E-state index contributed by atoms with van der Waals surface area (Å²) in [7, 11) is 1.90. The van der Waals surface area contributed by atoms with Gasteiger partial charge in [0.05, 0.1) is 6.54 Å². The first-order valence-corrected chi connectivity index (χ1v) is 8.31. The highest BCUT2D eigenvalue weighted by atomic mass is 16.2. The third-order valence-corrected chi connectivity index (χ3v) is 4.63. The minimum absolute atomic E-state index is 0.205. The molecule has 4 heteroatoms. The molecule has 1 fully saturated rings. The number of nitrogens with zero attached hydrogens (tertiary/aromatic N) is 2. The van der Waals surface area contributed by atoms with Crippen LogP contribution >= 0.6 is 0 Å². The molecule has 1 saturated heterocycles. The molecule has 1 aliphatic heterocycles. The van der Waals surface area contributed by atoms with Crippen molar-refractivity contribution in [2.24, 2.45) is 11.7 Å². The van der Waals surface area contributed by atoms with Crippen LogP contribution in [0.1, 0.15) is 30.4 Å². The lowest BCUT2D eigenvalue weighted by Gasteiger charge is -2.33. The number of likely N-dealkylation sites (tertiary alicyclic amines) is 1. The molecule has 0 saturated carbocycles. The second-order valence-electron chi connectivity index (χ2n) is 6.50. The van der Waals surface area contributed by atoms with Crippen LogP contribution in [0.15, 0.2) is 24.3 Å². The molecular weight excluding hydrogens is 274 g/mol. The SMILES string of the molecule is Cc1ccccc1CN(C)C(=O)CN1CCCC(CCN)C1. The van der Waals surface area contributed by atoms with Gasteiger partial charge in [-0.3, -0.25) is 9.69 Å². The van der Waals surface area contributed by atoms with Crippen molar-refractivity contribution < 1.29 is 4.79 Å². The maximum atomic E-state index is 12.5. The quantitative estimate of drug-likeness (QED) is 0.874. The molecule has 4 nitrogen and oxygen atoms in total. The van der Waals surface area contributed by atoms with Crippen LogP contribution < -0.4 is 5.73 Å². The van der Waals surface area contributed by atoms with E-state index < -0.39 is 0 Å². The number of aryl methyl sites for hydroxylation is 1. The highest BCUT2D eigenvalue weighted by Crippen LogP contribution is 2.19. The zero-order chi connectivity index (χ0) is 15.9. The Balaban J connectivity index is 1.84. The third-order valence-electron chi connectivity index (χ3n) is 4.63. The maximum absolute atomic E-state index is 12.5. The van der Waals surface area contributed by atoms with Crippen LogP contribution in [0.3, 0.4) is 0 Å². The topological polar surface area (TPSA) is 49.6 Å². The molecule has 1 aromatic carbocycles. The molecular formula is C18H29N3O. The monoisotopic (exact) mass is 303 g/mol. The molecule has 1 heterocycles. The number of likely N-dealkylation sites (N-methyl/N-ethyl adjacent to an activating group) is 1. The fraction of sp³-hybridized carbons (Fsp3) is 0.611. The standard InChI is InChI=1S/C18H29N3O/c1-15-6-3-4-8-17(15)13-20(2)18(22)14-21-11-5-7-16(12-21)9-10-19/h3-4,6,8,16H,5,7,9-14,19H2,1-2H3. The first kappa shape index (κ1) is 17.0. The van der Waals surface area contributed by atoms with Crippen LogP contribution in [0.4, 0.5) is 0 Å². The fourth-order valence-electron chi connectivity index (χ4n) is 3.21. The average molecular weight is 303 g/mol. The molecule has 0 radical (unpaired) electrons. The van der Waals surface area contributed by atoms with Crippen molar-refractivity contribution in [3.05, 3.63) is 35.4 Å². The number of amides is 1. The highest BCUT2D eigenvalue weighted by Gasteiger charge is 2.22. The van der Waals surface area contributed by atoms with E-state index in [0.29, 0.717) is 19.0 Å². The predicted octanol–water partition coefficient (Wildman–Crippen LogP) is 2.01. The van der Waals surface area contributed by atoms with Crippen molar-refractivity contribution in [3.8, 4) is 0 Å². The van der Waals surface area contributed by atoms with Gasteiger partial charge in [-0.1, -0.05) is 24.3 Å². The van der Waals surface area contributed by atoms with E-state index in [1.165, 1.54) is 24.0 Å². The lowest BCUT2D eigenvalue weighted by molar-refractivity contribution is -0.132. The van der Waals surface area contributed by atoms with E-state index in [-0.39, 0.29) is 5.91 Å². The number of carbonyl (C=O) groups excluding carboxylic acids is 1. The van der Waals surface area contributed by atoms with Gasteiger partial charge >= 0.3 is 0 Å². The van der Waals surface area contributed by atoms with Gasteiger partial charge in [0.15, 0.2) is 0 Å². The largest absolute Gasteiger partial charge is 0.340 e. The Kier molecular flexibility index (Phi) is 6.40. The van der Waals surface area contributed by atoms with Gasteiger partial charge < -0.3 is 10.6 Å². The molecule has 122 valence electrons. The van der Waals surface area contributed by atoms with E-state index in [1.54, 1.807) is 0 Å². The Morgan fingerprint density at radius 2 is 2.18 bits per heavy atom. The Morgan fingerprint density at radius 3 is 2.91 bits per heavy atom. The number of hydrogen-bond donors (Lipinski definition) is 1. The Bertz CT molecular complexity index is 487. The second-order valence-corrected chi connectivity index (χ2v) is 6.50. The molecule has 0 bridgehead atoms. The first-order valence-electron chi connectivity index (χ1n) is 8.31. The van der Waals surface area contributed by atoms with E-state index in [1.807, 2.05) is 24.1 Å². The Hall–Kier alpha value is -1.39. The van der Waals surface area contributed by atoms with E-state index in [0.717, 1.165) is 26.1 Å². The summed E-state index contributed by atoms with van der Waals surface area (Å²) in [6.45, 7) is 6.11. The van der Waals surface area contributed by atoms with E-state index in [2.05, 4.69) is 24.0 Å². The highest BCUT2D eigenvalue weighted by molar-refractivity contribution is 5.78. The molecule has 1 unspecified atom stereocenters. The third kappa shape index (κ3) is 4.82. The van der Waals surface area contributed by atoms with Crippen LogP contribution in [0.25, 0.3) is 0 Å². The Labute approximate surface area is 134 Å². The van der Waals surface area contributed by atoms with Crippen LogP contribution in [-0.2, 0) is 11.3 Å². The van der Waals surface area contributed by atoms with Gasteiger partial charge in [0.25, 0.3) is 0 Å². The normalized spacial score (nSPS) is 19.1. The number of benzene rings is 1. The summed E-state index contributed by atoms with van der Waals surface area (Å²) in [6, 6.07) is 8.25. The van der Waals surface area contributed by atoms with Crippen molar-refractivity contribution >= 4 is 5.91 Å². The van der Waals surface area contributed by atoms with E-state index in [9.17, 15) is 4.79 Å². The lowest BCUT2D eigenvalue weighted by atomic mass is 9.95. The van der Waals surface area contributed by atoms with Crippen LogP contribution in [-0.4, -0.2) is 48.9 Å². The number of nitrogens with two attached hydrogens (primary N) is 1. The van der Waals surface area contributed by atoms with E-state index in [4.69, 9.17) is 5.73 Å². The molecule has 1 atom stereocenters. The number of carbonyl (C=O) groups is 1. The van der Waals surface area contributed by atoms with Gasteiger partial charge in [-0.15, -0.1) is 0 Å². The smallest absolute Gasteiger partial charge is 0.236 e. The maximum Gasteiger partial charge on any atom is 0.236 e. The van der Waals surface area contributed by atoms with Gasteiger partial charge in [0, 0.05) is 20.1 Å². The minimum Gasteiger partial charge on any atom is -0.340 e. The van der Waals surface area contributed by atoms with E-state index >= 15 is 0 Å². The van der Waals surface area contributed by atoms with Crippen LogP contribution in [0, 0.1) is 12.8 Å². The first-order chi connectivity index (χ1) is 10.6. The van der Waals surface area contributed by atoms with Crippen LogP contribution in [0.2, 0.25) is 0 Å². The fourth-order valence-corrected chi connectivity index (χ4v) is 3.21. The molecule has 1 aromatic rings. The summed E-state index contributed by atoms with van der Waals surface area (Å²) < 4.78 is 0. The van der Waals surface area contributed by atoms with Gasteiger partial charge in [0.1, 0.15) is 0 Å². The zero-order valence-electron chi connectivity index (χ0n) is 13.9.